The van der Waals surface area contributed by atoms with Crippen molar-refractivity contribution in [2.24, 2.45) is 0 Å². The van der Waals surface area contributed by atoms with E-state index in [1.54, 1.807) is 24.5 Å². The standard InChI is InChI=1S/C18H18N4O2.2C2H6/c1-22(2)13-5-7-15-14(10-13)16(8-9-19-15)21-12-4-6-17(20-11-12)18(23)24-3;2*1-2/h4-11H,1-3H3,(H,19,21);2*1-2H3. The summed E-state index contributed by atoms with van der Waals surface area (Å²) >= 11 is 0. The van der Waals surface area contributed by atoms with Gasteiger partial charge in [0.25, 0.3) is 0 Å². The third-order valence-electron chi connectivity index (χ3n) is 3.68. The van der Waals surface area contributed by atoms with Gasteiger partial charge in [0.2, 0.25) is 0 Å². The van der Waals surface area contributed by atoms with Gasteiger partial charge >= 0.3 is 5.97 Å². The number of nitrogens with zero attached hydrogens (tertiary/aromatic N) is 3. The fourth-order valence-electron chi connectivity index (χ4n) is 2.37. The zero-order chi connectivity index (χ0) is 21.1. The van der Waals surface area contributed by atoms with E-state index in [-0.39, 0.29) is 5.69 Å². The number of hydrogen-bond acceptors (Lipinski definition) is 6. The summed E-state index contributed by atoms with van der Waals surface area (Å²) in [6.45, 7) is 8.00. The molecule has 6 heteroatoms. The number of benzene rings is 1. The molecule has 1 N–H and O–H groups in total. The molecule has 2 aromatic heterocycles. The van der Waals surface area contributed by atoms with Crippen LogP contribution < -0.4 is 10.2 Å². The minimum Gasteiger partial charge on any atom is -0.464 e. The highest BCUT2D eigenvalue weighted by atomic mass is 16.5. The number of aromatic nitrogens is 2. The van der Waals surface area contributed by atoms with Crippen molar-refractivity contribution in [1.82, 2.24) is 9.97 Å². The highest BCUT2D eigenvalue weighted by molar-refractivity contribution is 5.95. The third-order valence-corrected chi connectivity index (χ3v) is 3.68. The number of carbonyl (C=O) groups is 1. The van der Waals surface area contributed by atoms with E-state index in [1.807, 2.05) is 64.9 Å². The Morgan fingerprint density at radius 1 is 1.00 bits per heavy atom. The molecule has 2 heterocycles. The summed E-state index contributed by atoms with van der Waals surface area (Å²) in [6, 6.07) is 11.4. The van der Waals surface area contributed by atoms with Gasteiger partial charge in [-0.25, -0.2) is 9.78 Å². The van der Waals surface area contributed by atoms with Crippen LogP contribution in [-0.2, 0) is 4.74 Å². The number of fused-ring (bicyclic) bond motifs is 1. The van der Waals surface area contributed by atoms with Crippen LogP contribution in [-0.4, -0.2) is 37.1 Å². The predicted molar refractivity (Wildman–Crippen MR) is 118 cm³/mol. The van der Waals surface area contributed by atoms with E-state index < -0.39 is 5.97 Å². The Kier molecular flexibility index (Phi) is 9.43. The van der Waals surface area contributed by atoms with Crippen LogP contribution in [0, 0.1) is 0 Å². The summed E-state index contributed by atoms with van der Waals surface area (Å²) in [5.41, 5.74) is 3.99. The first-order valence-electron chi connectivity index (χ1n) is 9.46. The lowest BCUT2D eigenvalue weighted by molar-refractivity contribution is 0.0594. The molecule has 0 atom stereocenters. The lowest BCUT2D eigenvalue weighted by atomic mass is 10.1. The van der Waals surface area contributed by atoms with Crippen molar-refractivity contribution in [2.75, 3.05) is 31.4 Å². The number of esters is 1. The molecule has 0 bridgehead atoms. The van der Waals surface area contributed by atoms with Crippen molar-refractivity contribution in [3.8, 4) is 0 Å². The van der Waals surface area contributed by atoms with Gasteiger partial charge in [-0.1, -0.05) is 27.7 Å². The maximum absolute atomic E-state index is 11.4. The zero-order valence-corrected chi connectivity index (χ0v) is 17.8. The number of nitrogens with one attached hydrogen (secondary N) is 1. The Balaban J connectivity index is 0.000000921. The smallest absolute Gasteiger partial charge is 0.356 e. The maximum atomic E-state index is 11.4. The first-order chi connectivity index (χ1) is 13.6. The summed E-state index contributed by atoms with van der Waals surface area (Å²) < 4.78 is 4.65. The number of ether oxygens (including phenoxy) is 1. The molecular weight excluding hydrogens is 352 g/mol. The van der Waals surface area contributed by atoms with Crippen LogP contribution in [0.25, 0.3) is 10.9 Å². The molecule has 0 unspecified atom stereocenters. The van der Waals surface area contributed by atoms with Crippen LogP contribution in [0.15, 0.2) is 48.8 Å². The molecule has 0 amide bonds. The fraction of sp³-hybridized carbons (Fsp3) is 0.318. The second-order valence-corrected chi connectivity index (χ2v) is 5.50. The van der Waals surface area contributed by atoms with E-state index >= 15 is 0 Å². The highest BCUT2D eigenvalue weighted by Gasteiger charge is 2.08. The van der Waals surface area contributed by atoms with Crippen LogP contribution in [0.4, 0.5) is 17.1 Å². The first kappa shape index (κ1) is 22.9. The van der Waals surface area contributed by atoms with Crippen LogP contribution in [0.1, 0.15) is 38.2 Å². The first-order valence-corrected chi connectivity index (χ1v) is 9.46. The summed E-state index contributed by atoms with van der Waals surface area (Å²) in [5.74, 6) is -0.452. The Morgan fingerprint density at radius 2 is 1.71 bits per heavy atom. The van der Waals surface area contributed by atoms with Gasteiger partial charge in [-0.05, 0) is 36.4 Å². The Hall–Kier alpha value is -3.15. The van der Waals surface area contributed by atoms with E-state index in [4.69, 9.17) is 0 Å². The van der Waals surface area contributed by atoms with E-state index in [9.17, 15) is 4.79 Å². The molecule has 1 aromatic carbocycles. The third kappa shape index (κ3) is 5.67. The maximum Gasteiger partial charge on any atom is 0.356 e. The summed E-state index contributed by atoms with van der Waals surface area (Å²) in [4.78, 5) is 22.0. The fourth-order valence-corrected chi connectivity index (χ4v) is 2.37. The van der Waals surface area contributed by atoms with E-state index in [0.29, 0.717) is 0 Å². The molecule has 0 radical (unpaired) electrons. The normalized spacial score (nSPS) is 9.39. The molecule has 28 heavy (non-hydrogen) atoms. The molecule has 150 valence electrons. The molecular formula is C22H30N4O2. The molecule has 0 aliphatic heterocycles. The van der Waals surface area contributed by atoms with Crippen molar-refractivity contribution in [2.45, 2.75) is 27.7 Å². The van der Waals surface area contributed by atoms with E-state index in [0.717, 1.165) is 28.0 Å². The molecule has 6 nitrogen and oxygen atoms in total. The summed E-state index contributed by atoms with van der Waals surface area (Å²) in [6.07, 6.45) is 3.37. The lowest BCUT2D eigenvalue weighted by Gasteiger charge is -2.15. The van der Waals surface area contributed by atoms with Crippen molar-refractivity contribution in [1.29, 1.82) is 0 Å². The van der Waals surface area contributed by atoms with Gasteiger partial charge < -0.3 is 15.0 Å². The number of rotatable bonds is 4. The van der Waals surface area contributed by atoms with Crippen molar-refractivity contribution in [3.05, 3.63) is 54.5 Å². The average Bonchev–Trinajstić information content (AvgIpc) is 2.76. The van der Waals surface area contributed by atoms with Gasteiger partial charge in [-0.3, -0.25) is 4.98 Å². The molecule has 0 spiro atoms. The van der Waals surface area contributed by atoms with Crippen molar-refractivity contribution < 1.29 is 9.53 Å². The number of methoxy groups -OCH3 is 1. The van der Waals surface area contributed by atoms with Gasteiger partial charge in [-0.15, -0.1) is 0 Å². The SMILES string of the molecule is CC.CC.COC(=O)c1ccc(Nc2ccnc3ccc(N(C)C)cc23)cn1. The van der Waals surface area contributed by atoms with Gasteiger partial charge in [-0.2, -0.15) is 0 Å². The molecule has 3 aromatic rings. The Bertz CT molecular complexity index is 877. The van der Waals surface area contributed by atoms with Crippen molar-refractivity contribution >= 4 is 33.9 Å². The second-order valence-electron chi connectivity index (χ2n) is 5.50. The minimum absolute atomic E-state index is 0.275. The quantitative estimate of drug-likeness (QED) is 0.619. The van der Waals surface area contributed by atoms with Gasteiger partial charge in [0, 0.05) is 37.1 Å². The van der Waals surface area contributed by atoms with Crippen LogP contribution in [0.3, 0.4) is 0 Å². The van der Waals surface area contributed by atoms with E-state index in [1.165, 1.54) is 7.11 Å². The highest BCUT2D eigenvalue weighted by Crippen LogP contribution is 2.28. The number of carbonyl (C=O) groups excluding carboxylic acids is 1. The molecule has 0 aliphatic carbocycles. The number of anilines is 3. The van der Waals surface area contributed by atoms with Crippen LogP contribution >= 0.6 is 0 Å². The number of hydrogen-bond donors (Lipinski definition) is 1. The average molecular weight is 383 g/mol. The van der Waals surface area contributed by atoms with Gasteiger partial charge in [0.1, 0.15) is 5.69 Å². The van der Waals surface area contributed by atoms with Crippen molar-refractivity contribution in [3.63, 3.8) is 0 Å². The largest absolute Gasteiger partial charge is 0.464 e. The van der Waals surface area contributed by atoms with E-state index in [2.05, 4.69) is 26.1 Å². The molecule has 0 saturated carbocycles. The predicted octanol–water partition coefficient (Wildman–Crippen LogP) is 5.28. The lowest BCUT2D eigenvalue weighted by Crippen LogP contribution is -2.08. The second kappa shape index (κ2) is 11.5. The monoisotopic (exact) mass is 382 g/mol. The molecule has 0 saturated heterocycles. The van der Waals surface area contributed by atoms with Gasteiger partial charge in [0.15, 0.2) is 0 Å². The van der Waals surface area contributed by atoms with Crippen LogP contribution in [0.5, 0.6) is 0 Å². The Morgan fingerprint density at radius 3 is 2.29 bits per heavy atom. The summed E-state index contributed by atoms with van der Waals surface area (Å²) in [7, 11) is 5.34. The Labute approximate surface area is 167 Å². The van der Waals surface area contributed by atoms with Crippen LogP contribution in [0.2, 0.25) is 0 Å². The molecule has 0 aliphatic rings. The molecule has 0 fully saturated rings. The minimum atomic E-state index is -0.452. The molecule has 3 rings (SSSR count). The number of pyridine rings is 2. The zero-order valence-electron chi connectivity index (χ0n) is 17.8. The summed E-state index contributed by atoms with van der Waals surface area (Å²) in [5, 5.41) is 4.34. The van der Waals surface area contributed by atoms with Gasteiger partial charge in [0.05, 0.1) is 24.5 Å². The topological polar surface area (TPSA) is 67.3 Å².